The van der Waals surface area contributed by atoms with Crippen molar-refractivity contribution in [2.75, 3.05) is 25.4 Å². The zero-order valence-corrected chi connectivity index (χ0v) is 13.2. The molecule has 0 amide bonds. The normalized spacial score (nSPS) is 20.2. The predicted molar refractivity (Wildman–Crippen MR) is 81.3 cm³/mol. The maximum atomic E-state index is 4.70. The third kappa shape index (κ3) is 4.23. The number of nitrogens with zero attached hydrogens (tertiary/aromatic N) is 2. The van der Waals surface area contributed by atoms with Crippen molar-refractivity contribution in [3.63, 3.8) is 0 Å². The predicted octanol–water partition coefficient (Wildman–Crippen LogP) is 2.58. The van der Waals surface area contributed by atoms with Crippen LogP contribution in [0.25, 0.3) is 0 Å². The Balaban J connectivity index is 1.87. The first-order chi connectivity index (χ1) is 8.59. The third-order valence-electron chi connectivity index (χ3n) is 3.02. The minimum Gasteiger partial charge on any atom is -0.311 e. The monoisotopic (exact) mass is 285 g/mol. The van der Waals surface area contributed by atoms with Crippen molar-refractivity contribution in [2.24, 2.45) is 0 Å². The van der Waals surface area contributed by atoms with Crippen molar-refractivity contribution in [1.29, 1.82) is 0 Å². The standard InChI is InChI=1S/C13H23N3S2/c1-4-14-7-12-15-11(9-17-12)8-16-5-6-18-13(2,3)10-16/h9,14H,4-8,10H2,1-3H3. The van der Waals surface area contributed by atoms with Crippen LogP contribution in [0.4, 0.5) is 0 Å². The van der Waals surface area contributed by atoms with Gasteiger partial charge in [0.05, 0.1) is 5.69 Å². The summed E-state index contributed by atoms with van der Waals surface area (Å²) >= 11 is 3.85. The van der Waals surface area contributed by atoms with Crippen LogP contribution in [-0.4, -0.2) is 40.0 Å². The molecule has 1 aliphatic heterocycles. The van der Waals surface area contributed by atoms with E-state index in [2.05, 4.69) is 48.1 Å². The number of thiazole rings is 1. The second-order valence-corrected chi connectivity index (χ2v) is 8.08. The number of nitrogens with one attached hydrogen (secondary N) is 1. The van der Waals surface area contributed by atoms with Crippen LogP contribution in [0.2, 0.25) is 0 Å². The average Bonchev–Trinajstić information content (AvgIpc) is 2.73. The van der Waals surface area contributed by atoms with Crippen molar-refractivity contribution in [3.8, 4) is 0 Å². The maximum Gasteiger partial charge on any atom is 0.107 e. The molecule has 0 bridgehead atoms. The molecule has 0 aromatic carbocycles. The number of rotatable bonds is 5. The molecule has 3 nitrogen and oxygen atoms in total. The van der Waals surface area contributed by atoms with E-state index in [1.54, 1.807) is 11.3 Å². The summed E-state index contributed by atoms with van der Waals surface area (Å²) < 4.78 is 0.390. The van der Waals surface area contributed by atoms with Gasteiger partial charge in [-0.25, -0.2) is 4.98 Å². The Morgan fingerprint density at radius 3 is 3.06 bits per heavy atom. The van der Waals surface area contributed by atoms with E-state index in [1.165, 1.54) is 23.0 Å². The van der Waals surface area contributed by atoms with E-state index in [0.717, 1.165) is 26.2 Å². The maximum absolute atomic E-state index is 4.70. The molecule has 1 aliphatic rings. The van der Waals surface area contributed by atoms with Crippen LogP contribution < -0.4 is 5.32 Å². The molecule has 1 fully saturated rings. The molecule has 0 aliphatic carbocycles. The van der Waals surface area contributed by atoms with Crippen molar-refractivity contribution in [2.45, 2.75) is 38.6 Å². The summed E-state index contributed by atoms with van der Waals surface area (Å²) in [5.74, 6) is 1.24. The molecule has 102 valence electrons. The largest absolute Gasteiger partial charge is 0.311 e. The Hall–Kier alpha value is -0.100. The van der Waals surface area contributed by atoms with Crippen LogP contribution in [0, 0.1) is 0 Å². The van der Waals surface area contributed by atoms with E-state index in [1.807, 2.05) is 0 Å². The molecule has 2 rings (SSSR count). The van der Waals surface area contributed by atoms with E-state index in [9.17, 15) is 0 Å². The minimum atomic E-state index is 0.390. The number of hydrogen-bond donors (Lipinski definition) is 1. The molecule has 0 unspecified atom stereocenters. The Kier molecular flexibility index (Phi) is 5.06. The van der Waals surface area contributed by atoms with Gasteiger partial charge < -0.3 is 5.32 Å². The molecule has 0 radical (unpaired) electrons. The van der Waals surface area contributed by atoms with Gasteiger partial charge in [0.2, 0.25) is 0 Å². The number of aromatic nitrogens is 1. The first-order valence-corrected chi connectivity index (χ1v) is 8.46. The van der Waals surface area contributed by atoms with Crippen LogP contribution in [0.3, 0.4) is 0 Å². The lowest BCUT2D eigenvalue weighted by Gasteiger charge is -2.37. The number of thioether (sulfide) groups is 1. The van der Waals surface area contributed by atoms with Crippen molar-refractivity contribution < 1.29 is 0 Å². The van der Waals surface area contributed by atoms with Crippen molar-refractivity contribution in [1.82, 2.24) is 15.2 Å². The smallest absolute Gasteiger partial charge is 0.107 e. The van der Waals surface area contributed by atoms with Gasteiger partial charge in [-0.3, -0.25) is 4.90 Å². The highest BCUT2D eigenvalue weighted by atomic mass is 32.2. The first kappa shape index (κ1) is 14.3. The van der Waals surface area contributed by atoms with Gasteiger partial charge in [-0.05, 0) is 20.4 Å². The van der Waals surface area contributed by atoms with Gasteiger partial charge in [0.1, 0.15) is 5.01 Å². The molecular formula is C13H23N3S2. The zero-order chi connectivity index (χ0) is 13.0. The molecule has 1 saturated heterocycles. The first-order valence-electron chi connectivity index (χ1n) is 6.59. The van der Waals surface area contributed by atoms with Gasteiger partial charge >= 0.3 is 0 Å². The summed E-state index contributed by atoms with van der Waals surface area (Å²) in [7, 11) is 0. The summed E-state index contributed by atoms with van der Waals surface area (Å²) in [6, 6.07) is 0. The van der Waals surface area contributed by atoms with Gasteiger partial charge in [-0.15, -0.1) is 11.3 Å². The molecule has 1 N–H and O–H groups in total. The van der Waals surface area contributed by atoms with E-state index in [4.69, 9.17) is 4.98 Å². The van der Waals surface area contributed by atoms with E-state index in [-0.39, 0.29) is 0 Å². The molecule has 0 saturated carbocycles. The van der Waals surface area contributed by atoms with Crippen LogP contribution in [-0.2, 0) is 13.1 Å². The second kappa shape index (κ2) is 6.37. The van der Waals surface area contributed by atoms with E-state index < -0.39 is 0 Å². The molecule has 2 heterocycles. The van der Waals surface area contributed by atoms with Gasteiger partial charge in [0, 0.05) is 42.1 Å². The Bertz CT molecular complexity index is 376. The Labute approximate surface area is 118 Å². The molecule has 5 heteroatoms. The van der Waals surface area contributed by atoms with E-state index >= 15 is 0 Å². The summed E-state index contributed by atoms with van der Waals surface area (Å²) in [6.45, 7) is 12.1. The summed E-state index contributed by atoms with van der Waals surface area (Å²) in [5, 5.41) is 6.74. The summed E-state index contributed by atoms with van der Waals surface area (Å²) in [6.07, 6.45) is 0. The zero-order valence-electron chi connectivity index (χ0n) is 11.5. The molecule has 1 aromatic heterocycles. The summed E-state index contributed by atoms with van der Waals surface area (Å²) in [5.41, 5.74) is 1.23. The van der Waals surface area contributed by atoms with Crippen LogP contribution in [0.5, 0.6) is 0 Å². The highest BCUT2D eigenvalue weighted by molar-refractivity contribution is 8.00. The molecular weight excluding hydrogens is 262 g/mol. The summed E-state index contributed by atoms with van der Waals surface area (Å²) in [4.78, 5) is 7.23. The van der Waals surface area contributed by atoms with Crippen LogP contribution in [0.1, 0.15) is 31.5 Å². The van der Waals surface area contributed by atoms with Gasteiger partial charge in [0.15, 0.2) is 0 Å². The lowest BCUT2D eigenvalue weighted by Crippen LogP contribution is -2.42. The van der Waals surface area contributed by atoms with E-state index in [0.29, 0.717) is 4.75 Å². The lowest BCUT2D eigenvalue weighted by molar-refractivity contribution is 0.250. The fraction of sp³-hybridized carbons (Fsp3) is 0.769. The molecule has 0 atom stereocenters. The van der Waals surface area contributed by atoms with Gasteiger partial charge in [-0.1, -0.05) is 6.92 Å². The minimum absolute atomic E-state index is 0.390. The van der Waals surface area contributed by atoms with Crippen molar-refractivity contribution in [3.05, 3.63) is 16.1 Å². The molecule has 1 aromatic rings. The quantitative estimate of drug-likeness (QED) is 0.900. The SMILES string of the molecule is CCNCc1nc(CN2CCSC(C)(C)C2)cs1. The second-order valence-electron chi connectivity index (χ2n) is 5.33. The van der Waals surface area contributed by atoms with Crippen molar-refractivity contribution >= 4 is 23.1 Å². The van der Waals surface area contributed by atoms with Gasteiger partial charge in [0.25, 0.3) is 0 Å². The van der Waals surface area contributed by atoms with Gasteiger partial charge in [-0.2, -0.15) is 11.8 Å². The average molecular weight is 285 g/mol. The fourth-order valence-corrected chi connectivity index (χ4v) is 4.14. The topological polar surface area (TPSA) is 28.2 Å². The van der Waals surface area contributed by atoms with Crippen LogP contribution >= 0.6 is 23.1 Å². The Morgan fingerprint density at radius 2 is 2.33 bits per heavy atom. The third-order valence-corrected chi connectivity index (χ3v) is 5.21. The highest BCUT2D eigenvalue weighted by Gasteiger charge is 2.27. The fourth-order valence-electron chi connectivity index (χ4n) is 2.21. The lowest BCUT2D eigenvalue weighted by atomic mass is 10.2. The molecule has 18 heavy (non-hydrogen) atoms. The van der Waals surface area contributed by atoms with Crippen LogP contribution in [0.15, 0.2) is 5.38 Å². The number of hydrogen-bond acceptors (Lipinski definition) is 5. The highest BCUT2D eigenvalue weighted by Crippen LogP contribution is 2.30. The Morgan fingerprint density at radius 1 is 1.50 bits per heavy atom. The molecule has 0 spiro atoms.